The van der Waals surface area contributed by atoms with Crippen molar-refractivity contribution in [2.75, 3.05) is 35.7 Å². The molecule has 0 bridgehead atoms. The van der Waals surface area contributed by atoms with Crippen LogP contribution in [-0.4, -0.2) is 36.2 Å². The van der Waals surface area contributed by atoms with Crippen LogP contribution in [0.25, 0.3) is 0 Å². The van der Waals surface area contributed by atoms with Gasteiger partial charge in [-0.2, -0.15) is 0 Å². The molecule has 2 heterocycles. The quantitative estimate of drug-likeness (QED) is 0.902. The van der Waals surface area contributed by atoms with Crippen molar-refractivity contribution in [3.63, 3.8) is 0 Å². The summed E-state index contributed by atoms with van der Waals surface area (Å²) in [5, 5.41) is 5.50. The summed E-state index contributed by atoms with van der Waals surface area (Å²) < 4.78 is 5.14. The van der Waals surface area contributed by atoms with Gasteiger partial charge in [-0.25, -0.2) is 14.8 Å². The van der Waals surface area contributed by atoms with E-state index in [2.05, 4.69) is 25.5 Å². The minimum absolute atomic E-state index is 0.355. The van der Waals surface area contributed by atoms with E-state index in [-0.39, 0.29) is 6.03 Å². The zero-order valence-corrected chi connectivity index (χ0v) is 13.7. The summed E-state index contributed by atoms with van der Waals surface area (Å²) in [6.45, 7) is 1.99. The summed E-state index contributed by atoms with van der Waals surface area (Å²) in [6, 6.07) is 8.62. The van der Waals surface area contributed by atoms with Crippen LogP contribution in [0.1, 0.15) is 19.3 Å². The predicted octanol–water partition coefficient (Wildman–Crippen LogP) is 3.12. The summed E-state index contributed by atoms with van der Waals surface area (Å²) in [7, 11) is 1.59. The number of aromatic nitrogens is 2. The summed E-state index contributed by atoms with van der Waals surface area (Å²) in [5.74, 6) is 2.01. The molecule has 126 valence electrons. The Bertz CT molecular complexity index is 701. The third kappa shape index (κ3) is 4.13. The van der Waals surface area contributed by atoms with Crippen molar-refractivity contribution >= 4 is 23.4 Å². The number of hydrogen-bond acceptors (Lipinski definition) is 5. The summed E-state index contributed by atoms with van der Waals surface area (Å²) in [4.78, 5) is 22.8. The molecular weight excluding hydrogens is 306 g/mol. The second-order valence-electron chi connectivity index (χ2n) is 5.62. The van der Waals surface area contributed by atoms with Crippen molar-refractivity contribution in [3.05, 3.63) is 36.7 Å². The molecule has 2 N–H and O–H groups in total. The van der Waals surface area contributed by atoms with Gasteiger partial charge in [0.05, 0.1) is 7.11 Å². The number of carbonyl (C=O) groups excluding carboxylic acids is 1. The lowest BCUT2D eigenvalue weighted by Crippen LogP contribution is -2.30. The van der Waals surface area contributed by atoms with Gasteiger partial charge in [-0.3, -0.25) is 5.32 Å². The Morgan fingerprint density at radius 1 is 1.12 bits per heavy atom. The highest BCUT2D eigenvalue weighted by atomic mass is 16.5. The molecule has 3 rings (SSSR count). The van der Waals surface area contributed by atoms with E-state index in [9.17, 15) is 4.79 Å². The molecule has 0 atom stereocenters. The van der Waals surface area contributed by atoms with Gasteiger partial charge in [0.15, 0.2) is 0 Å². The Balaban J connectivity index is 1.63. The third-order valence-corrected chi connectivity index (χ3v) is 3.90. The molecule has 0 radical (unpaired) electrons. The van der Waals surface area contributed by atoms with E-state index in [0.717, 1.165) is 18.9 Å². The fourth-order valence-electron chi connectivity index (χ4n) is 2.69. The number of anilines is 3. The second-order valence-corrected chi connectivity index (χ2v) is 5.62. The molecule has 2 amide bonds. The number of benzene rings is 1. The second kappa shape index (κ2) is 7.63. The molecule has 7 nitrogen and oxygen atoms in total. The van der Waals surface area contributed by atoms with Crippen LogP contribution in [0.3, 0.4) is 0 Å². The number of urea groups is 1. The normalized spacial score (nSPS) is 14.1. The average Bonchev–Trinajstić information content (AvgIpc) is 2.63. The standard InChI is InChI=1S/C17H21N5O2/c1-24-14-7-5-6-13(10-14)20-17(23)21-15-11-16(19-12-18-15)22-8-3-2-4-9-22/h5-7,10-12H,2-4,8-9H2,1H3,(H2,18,19,20,21,23). The lowest BCUT2D eigenvalue weighted by molar-refractivity contribution is 0.262. The van der Waals surface area contributed by atoms with Crippen LogP contribution in [0.4, 0.5) is 22.1 Å². The molecule has 1 aromatic heterocycles. The largest absolute Gasteiger partial charge is 0.497 e. The van der Waals surface area contributed by atoms with Crippen LogP contribution in [0, 0.1) is 0 Å². The van der Waals surface area contributed by atoms with Gasteiger partial charge in [0.2, 0.25) is 0 Å². The van der Waals surface area contributed by atoms with Crippen LogP contribution in [-0.2, 0) is 0 Å². The number of carbonyl (C=O) groups is 1. The number of piperidine rings is 1. The zero-order valence-electron chi connectivity index (χ0n) is 13.7. The maximum absolute atomic E-state index is 12.1. The first-order valence-corrected chi connectivity index (χ1v) is 8.03. The van der Waals surface area contributed by atoms with Crippen molar-refractivity contribution in [1.29, 1.82) is 0 Å². The SMILES string of the molecule is COc1cccc(NC(=O)Nc2cc(N3CCCCC3)ncn2)c1. The Labute approximate surface area is 141 Å². The fourth-order valence-corrected chi connectivity index (χ4v) is 2.69. The fraction of sp³-hybridized carbons (Fsp3) is 0.353. The molecule has 1 fully saturated rings. The van der Waals surface area contributed by atoms with E-state index in [1.165, 1.54) is 25.6 Å². The van der Waals surface area contributed by atoms with Crippen molar-refractivity contribution in [3.8, 4) is 5.75 Å². The number of ether oxygens (including phenoxy) is 1. The first-order chi connectivity index (χ1) is 11.7. The zero-order chi connectivity index (χ0) is 16.8. The smallest absolute Gasteiger partial charge is 0.324 e. The van der Waals surface area contributed by atoms with Crippen LogP contribution in [0.2, 0.25) is 0 Å². The van der Waals surface area contributed by atoms with Crippen molar-refractivity contribution in [1.82, 2.24) is 9.97 Å². The van der Waals surface area contributed by atoms with Gasteiger partial charge in [-0.15, -0.1) is 0 Å². The molecule has 24 heavy (non-hydrogen) atoms. The van der Waals surface area contributed by atoms with Gasteiger partial charge in [0, 0.05) is 30.9 Å². The van der Waals surface area contributed by atoms with Gasteiger partial charge < -0.3 is 15.0 Å². The highest BCUT2D eigenvalue weighted by molar-refractivity contribution is 5.99. The summed E-state index contributed by atoms with van der Waals surface area (Å²) in [5.41, 5.74) is 0.650. The molecule has 1 aliphatic rings. The Kier molecular flexibility index (Phi) is 5.10. The van der Waals surface area contributed by atoms with Crippen LogP contribution >= 0.6 is 0 Å². The number of rotatable bonds is 4. The van der Waals surface area contributed by atoms with Gasteiger partial charge >= 0.3 is 6.03 Å². The van der Waals surface area contributed by atoms with Gasteiger partial charge in [0.25, 0.3) is 0 Å². The minimum atomic E-state index is -0.355. The number of methoxy groups -OCH3 is 1. The minimum Gasteiger partial charge on any atom is -0.497 e. The first kappa shape index (κ1) is 16.0. The van der Waals surface area contributed by atoms with Crippen molar-refractivity contribution in [2.24, 2.45) is 0 Å². The Hall–Kier alpha value is -2.83. The Morgan fingerprint density at radius 3 is 2.75 bits per heavy atom. The highest BCUT2D eigenvalue weighted by Crippen LogP contribution is 2.20. The molecule has 1 aliphatic heterocycles. The van der Waals surface area contributed by atoms with Crippen LogP contribution in [0.5, 0.6) is 5.75 Å². The van der Waals surface area contributed by atoms with E-state index >= 15 is 0 Å². The average molecular weight is 327 g/mol. The topological polar surface area (TPSA) is 79.4 Å². The monoisotopic (exact) mass is 327 g/mol. The lowest BCUT2D eigenvalue weighted by Gasteiger charge is -2.27. The summed E-state index contributed by atoms with van der Waals surface area (Å²) in [6.07, 6.45) is 5.08. The van der Waals surface area contributed by atoms with Crippen molar-refractivity contribution < 1.29 is 9.53 Å². The van der Waals surface area contributed by atoms with E-state index in [0.29, 0.717) is 17.3 Å². The van der Waals surface area contributed by atoms with Crippen LogP contribution < -0.4 is 20.3 Å². The van der Waals surface area contributed by atoms with E-state index < -0.39 is 0 Å². The highest BCUT2D eigenvalue weighted by Gasteiger charge is 2.13. The molecule has 7 heteroatoms. The number of nitrogens with zero attached hydrogens (tertiary/aromatic N) is 3. The van der Waals surface area contributed by atoms with E-state index in [1.54, 1.807) is 25.3 Å². The van der Waals surface area contributed by atoms with Crippen LogP contribution in [0.15, 0.2) is 36.7 Å². The maximum Gasteiger partial charge on any atom is 0.324 e. The maximum atomic E-state index is 12.1. The van der Waals surface area contributed by atoms with Crippen molar-refractivity contribution in [2.45, 2.75) is 19.3 Å². The van der Waals surface area contributed by atoms with Gasteiger partial charge in [0.1, 0.15) is 23.7 Å². The molecular formula is C17H21N5O2. The summed E-state index contributed by atoms with van der Waals surface area (Å²) >= 11 is 0. The number of nitrogens with one attached hydrogen (secondary N) is 2. The number of amides is 2. The first-order valence-electron chi connectivity index (χ1n) is 8.03. The Morgan fingerprint density at radius 2 is 1.96 bits per heavy atom. The molecule has 0 aliphatic carbocycles. The lowest BCUT2D eigenvalue weighted by atomic mass is 10.1. The van der Waals surface area contributed by atoms with Gasteiger partial charge in [-0.05, 0) is 31.4 Å². The van der Waals surface area contributed by atoms with E-state index in [1.807, 2.05) is 12.1 Å². The molecule has 1 aromatic carbocycles. The molecule has 0 unspecified atom stereocenters. The molecule has 0 saturated carbocycles. The molecule has 2 aromatic rings. The van der Waals surface area contributed by atoms with Gasteiger partial charge in [-0.1, -0.05) is 6.07 Å². The number of hydrogen-bond donors (Lipinski definition) is 2. The third-order valence-electron chi connectivity index (χ3n) is 3.90. The predicted molar refractivity (Wildman–Crippen MR) is 93.7 cm³/mol. The molecule has 1 saturated heterocycles. The molecule has 0 spiro atoms. The van der Waals surface area contributed by atoms with E-state index in [4.69, 9.17) is 4.74 Å².